The second-order valence-corrected chi connectivity index (χ2v) is 6.54. The first-order chi connectivity index (χ1) is 13.4. The molecule has 0 aliphatic rings. The van der Waals surface area contributed by atoms with E-state index in [0.717, 1.165) is 12.0 Å². The molecule has 6 heteroatoms. The zero-order valence-corrected chi connectivity index (χ0v) is 16.4. The van der Waals surface area contributed by atoms with E-state index in [9.17, 15) is 14.0 Å². The van der Waals surface area contributed by atoms with E-state index in [-0.39, 0.29) is 24.0 Å². The van der Waals surface area contributed by atoms with Crippen LogP contribution < -0.4 is 10.1 Å². The topological polar surface area (TPSA) is 64.6 Å². The molecule has 0 aliphatic heterocycles. The highest BCUT2D eigenvalue weighted by molar-refractivity contribution is 5.83. The van der Waals surface area contributed by atoms with Gasteiger partial charge in [0.1, 0.15) is 0 Å². The molecule has 0 saturated heterocycles. The normalized spacial score (nSPS) is 12.7. The minimum absolute atomic E-state index is 0.105. The average molecular weight is 387 g/mol. The Balaban J connectivity index is 1.84. The number of carbonyl (C=O) groups is 2. The Morgan fingerprint density at radius 1 is 1.14 bits per heavy atom. The summed E-state index contributed by atoms with van der Waals surface area (Å²) in [6, 6.07) is 14.2. The molecule has 0 spiro atoms. The third-order valence-electron chi connectivity index (χ3n) is 4.53. The molecular weight excluding hydrogens is 361 g/mol. The van der Waals surface area contributed by atoms with Gasteiger partial charge < -0.3 is 14.8 Å². The van der Waals surface area contributed by atoms with E-state index < -0.39 is 17.9 Å². The van der Waals surface area contributed by atoms with Crippen LogP contribution in [0.25, 0.3) is 0 Å². The lowest BCUT2D eigenvalue weighted by atomic mass is 9.96. The third kappa shape index (κ3) is 6.08. The predicted octanol–water partition coefficient (Wildman–Crippen LogP) is 3.62. The van der Waals surface area contributed by atoms with Crippen LogP contribution in [0.1, 0.15) is 37.3 Å². The van der Waals surface area contributed by atoms with Gasteiger partial charge in [-0.05, 0) is 36.6 Å². The van der Waals surface area contributed by atoms with Crippen molar-refractivity contribution in [3.63, 3.8) is 0 Å². The number of nitrogens with one attached hydrogen (secondary N) is 1. The van der Waals surface area contributed by atoms with Gasteiger partial charge in [0, 0.05) is 12.5 Å². The Kier molecular flexibility index (Phi) is 7.99. The Morgan fingerprint density at radius 3 is 2.46 bits per heavy atom. The number of ether oxygens (including phenoxy) is 2. The quantitative estimate of drug-likeness (QED) is 0.668. The second-order valence-electron chi connectivity index (χ2n) is 6.54. The van der Waals surface area contributed by atoms with Gasteiger partial charge in [-0.1, -0.05) is 43.3 Å². The zero-order valence-electron chi connectivity index (χ0n) is 16.4. The van der Waals surface area contributed by atoms with Crippen molar-refractivity contribution in [3.8, 4) is 5.75 Å². The molecule has 0 aromatic heterocycles. The summed E-state index contributed by atoms with van der Waals surface area (Å²) in [5.74, 6) is -1.21. The molecule has 0 fully saturated rings. The maximum absolute atomic E-state index is 13.7. The SMILES string of the molecule is CC[C@@H](CNC(=O)[C@H](C)OC(=O)Cc1ccc(OC)c(F)c1)c1ccccc1. The summed E-state index contributed by atoms with van der Waals surface area (Å²) in [6.45, 7) is 4.04. The fraction of sp³-hybridized carbons (Fsp3) is 0.364. The zero-order chi connectivity index (χ0) is 20.5. The van der Waals surface area contributed by atoms with Crippen molar-refractivity contribution in [2.45, 2.75) is 38.7 Å². The number of esters is 1. The van der Waals surface area contributed by atoms with Crippen LogP contribution in [0.5, 0.6) is 5.75 Å². The smallest absolute Gasteiger partial charge is 0.311 e. The molecule has 2 aromatic carbocycles. The van der Waals surface area contributed by atoms with Crippen LogP contribution in [-0.4, -0.2) is 31.6 Å². The van der Waals surface area contributed by atoms with Crippen molar-refractivity contribution in [1.29, 1.82) is 0 Å². The van der Waals surface area contributed by atoms with Crippen molar-refractivity contribution in [1.82, 2.24) is 5.32 Å². The van der Waals surface area contributed by atoms with Crippen molar-refractivity contribution >= 4 is 11.9 Å². The Hall–Kier alpha value is -2.89. The van der Waals surface area contributed by atoms with Crippen molar-refractivity contribution in [3.05, 3.63) is 65.5 Å². The highest BCUT2D eigenvalue weighted by Crippen LogP contribution is 2.19. The highest BCUT2D eigenvalue weighted by atomic mass is 19.1. The second kappa shape index (κ2) is 10.4. The lowest BCUT2D eigenvalue weighted by Gasteiger charge is -2.18. The van der Waals surface area contributed by atoms with Crippen LogP contribution in [0, 0.1) is 5.82 Å². The molecule has 1 amide bonds. The highest BCUT2D eigenvalue weighted by Gasteiger charge is 2.19. The van der Waals surface area contributed by atoms with Crippen LogP contribution in [0.2, 0.25) is 0 Å². The van der Waals surface area contributed by atoms with Crippen molar-refractivity contribution < 1.29 is 23.5 Å². The lowest BCUT2D eigenvalue weighted by Crippen LogP contribution is -2.38. The molecule has 28 heavy (non-hydrogen) atoms. The van der Waals surface area contributed by atoms with Gasteiger partial charge in [-0.3, -0.25) is 9.59 Å². The van der Waals surface area contributed by atoms with E-state index in [1.807, 2.05) is 30.3 Å². The van der Waals surface area contributed by atoms with Crippen LogP contribution in [0.3, 0.4) is 0 Å². The van der Waals surface area contributed by atoms with Gasteiger partial charge >= 0.3 is 5.97 Å². The predicted molar refractivity (Wildman–Crippen MR) is 105 cm³/mol. The van der Waals surface area contributed by atoms with Crippen molar-refractivity contribution in [2.75, 3.05) is 13.7 Å². The summed E-state index contributed by atoms with van der Waals surface area (Å²) < 4.78 is 23.7. The number of halogens is 1. The minimum Gasteiger partial charge on any atom is -0.494 e. The van der Waals surface area contributed by atoms with Gasteiger partial charge in [0.2, 0.25) is 0 Å². The molecule has 0 saturated carbocycles. The van der Waals surface area contributed by atoms with Gasteiger partial charge in [0.05, 0.1) is 13.5 Å². The molecule has 0 unspecified atom stereocenters. The Morgan fingerprint density at radius 2 is 1.86 bits per heavy atom. The van der Waals surface area contributed by atoms with Gasteiger partial charge in [-0.25, -0.2) is 4.39 Å². The summed E-state index contributed by atoms with van der Waals surface area (Å²) in [7, 11) is 1.37. The van der Waals surface area contributed by atoms with Crippen molar-refractivity contribution in [2.24, 2.45) is 0 Å². The fourth-order valence-electron chi connectivity index (χ4n) is 2.87. The number of methoxy groups -OCH3 is 1. The summed E-state index contributed by atoms with van der Waals surface area (Å²) >= 11 is 0. The maximum Gasteiger partial charge on any atom is 0.311 e. The maximum atomic E-state index is 13.7. The van der Waals surface area contributed by atoms with E-state index in [1.54, 1.807) is 6.07 Å². The van der Waals surface area contributed by atoms with Crippen LogP contribution in [-0.2, 0) is 20.7 Å². The van der Waals surface area contributed by atoms with E-state index in [0.29, 0.717) is 12.1 Å². The molecule has 0 bridgehead atoms. The summed E-state index contributed by atoms with van der Waals surface area (Å²) in [5, 5.41) is 2.83. The molecule has 5 nitrogen and oxygen atoms in total. The van der Waals surface area contributed by atoms with Crippen LogP contribution in [0.15, 0.2) is 48.5 Å². The Labute approximate surface area is 164 Å². The minimum atomic E-state index is -0.927. The van der Waals surface area contributed by atoms with Gasteiger partial charge in [0.15, 0.2) is 17.7 Å². The number of hydrogen-bond donors (Lipinski definition) is 1. The van der Waals surface area contributed by atoms with E-state index in [2.05, 4.69) is 12.2 Å². The number of benzene rings is 2. The summed E-state index contributed by atoms with van der Waals surface area (Å²) in [5.41, 5.74) is 1.60. The van der Waals surface area contributed by atoms with Crippen LogP contribution in [0.4, 0.5) is 4.39 Å². The van der Waals surface area contributed by atoms with Gasteiger partial charge in [-0.15, -0.1) is 0 Å². The monoisotopic (exact) mass is 387 g/mol. The van der Waals surface area contributed by atoms with Gasteiger partial charge in [0.25, 0.3) is 5.91 Å². The first-order valence-electron chi connectivity index (χ1n) is 9.29. The largest absolute Gasteiger partial charge is 0.494 e. The lowest BCUT2D eigenvalue weighted by molar-refractivity contribution is -0.154. The standard InChI is InChI=1S/C22H26FNO4/c1-4-17(18-8-6-5-7-9-18)14-24-22(26)15(2)28-21(25)13-16-10-11-20(27-3)19(23)12-16/h5-12,15,17H,4,13-14H2,1-3H3,(H,24,26)/t15-,17-/m0/s1. The molecular formula is C22H26FNO4. The number of carbonyl (C=O) groups excluding carboxylic acids is 2. The van der Waals surface area contributed by atoms with E-state index in [1.165, 1.54) is 26.2 Å². The molecule has 150 valence electrons. The first kappa shape index (κ1) is 21.4. The fourth-order valence-corrected chi connectivity index (χ4v) is 2.87. The summed E-state index contributed by atoms with van der Waals surface area (Å²) in [4.78, 5) is 24.3. The van der Waals surface area contributed by atoms with Crippen LogP contribution >= 0.6 is 0 Å². The molecule has 2 rings (SSSR count). The molecule has 0 heterocycles. The number of rotatable bonds is 9. The van der Waals surface area contributed by atoms with E-state index in [4.69, 9.17) is 9.47 Å². The van der Waals surface area contributed by atoms with E-state index >= 15 is 0 Å². The first-order valence-corrected chi connectivity index (χ1v) is 9.29. The number of amides is 1. The summed E-state index contributed by atoms with van der Waals surface area (Å²) in [6.07, 6.45) is -0.175. The molecule has 0 radical (unpaired) electrons. The number of hydrogen-bond acceptors (Lipinski definition) is 4. The molecule has 2 atom stereocenters. The molecule has 1 N–H and O–H groups in total. The third-order valence-corrected chi connectivity index (χ3v) is 4.53. The van der Waals surface area contributed by atoms with Gasteiger partial charge in [-0.2, -0.15) is 0 Å². The molecule has 2 aromatic rings. The molecule has 0 aliphatic carbocycles. The Bertz CT molecular complexity index is 794. The average Bonchev–Trinajstić information content (AvgIpc) is 2.69.